The Bertz CT molecular complexity index is 601. The molecule has 0 radical (unpaired) electrons. The van der Waals surface area contributed by atoms with Gasteiger partial charge in [0.25, 0.3) is 0 Å². The van der Waals surface area contributed by atoms with E-state index < -0.39 is 0 Å². The first-order valence-corrected chi connectivity index (χ1v) is 8.85. The number of ether oxygens (including phenoxy) is 1. The molecule has 0 aliphatic heterocycles. The van der Waals surface area contributed by atoms with Crippen LogP contribution in [0.15, 0.2) is 29.3 Å². The van der Waals surface area contributed by atoms with Crippen LogP contribution in [0.2, 0.25) is 0 Å². The summed E-state index contributed by atoms with van der Waals surface area (Å²) in [6, 6.07) is 8.41. The van der Waals surface area contributed by atoms with Crippen molar-refractivity contribution in [1.82, 2.24) is 15.1 Å². The standard InChI is InChI=1S/C19H30N4O2.HI/c1-22(2)18(24)13-20-19(21-16-10-6-7-11-16)23(3)14-15-9-5-8-12-17(15)25-4;/h5,8-9,12,16H,6-7,10-11,13-14H2,1-4H3,(H,20,21);1H. The summed E-state index contributed by atoms with van der Waals surface area (Å²) in [5.41, 5.74) is 1.09. The zero-order valence-corrected chi connectivity index (χ0v) is 18.5. The lowest BCUT2D eigenvalue weighted by atomic mass is 10.2. The van der Waals surface area contributed by atoms with Crippen LogP contribution in [0.5, 0.6) is 5.75 Å². The van der Waals surface area contributed by atoms with Gasteiger partial charge in [-0.3, -0.25) is 4.79 Å². The minimum Gasteiger partial charge on any atom is -0.496 e. The third-order valence-electron chi connectivity index (χ3n) is 4.51. The molecule has 7 heteroatoms. The average Bonchev–Trinajstić information content (AvgIpc) is 3.11. The van der Waals surface area contributed by atoms with Crippen molar-refractivity contribution in [3.8, 4) is 5.75 Å². The van der Waals surface area contributed by atoms with Gasteiger partial charge in [-0.1, -0.05) is 31.0 Å². The number of carbonyl (C=O) groups excluding carboxylic acids is 1. The maximum Gasteiger partial charge on any atom is 0.243 e. The zero-order valence-electron chi connectivity index (χ0n) is 16.2. The topological polar surface area (TPSA) is 57.2 Å². The van der Waals surface area contributed by atoms with Gasteiger partial charge in [0.15, 0.2) is 5.96 Å². The van der Waals surface area contributed by atoms with Crippen molar-refractivity contribution in [2.75, 3.05) is 34.8 Å². The number of methoxy groups -OCH3 is 1. The highest BCUT2D eigenvalue weighted by molar-refractivity contribution is 14.0. The second-order valence-corrected chi connectivity index (χ2v) is 6.72. The van der Waals surface area contributed by atoms with Gasteiger partial charge >= 0.3 is 0 Å². The molecule has 0 atom stereocenters. The van der Waals surface area contributed by atoms with Crippen LogP contribution in [0, 0.1) is 0 Å². The normalized spacial score (nSPS) is 14.5. The first-order chi connectivity index (χ1) is 12.0. The molecule has 1 amide bonds. The van der Waals surface area contributed by atoms with Crippen molar-refractivity contribution in [2.45, 2.75) is 38.3 Å². The average molecular weight is 474 g/mol. The predicted octanol–water partition coefficient (Wildman–Crippen LogP) is 2.72. The van der Waals surface area contributed by atoms with Crippen LogP contribution >= 0.6 is 24.0 Å². The maximum absolute atomic E-state index is 11.9. The minimum atomic E-state index is -0.00332. The molecule has 1 aliphatic carbocycles. The van der Waals surface area contributed by atoms with Gasteiger partial charge in [0.2, 0.25) is 5.91 Å². The van der Waals surface area contributed by atoms with Crippen molar-refractivity contribution >= 4 is 35.8 Å². The number of rotatable bonds is 6. The molecule has 146 valence electrons. The largest absolute Gasteiger partial charge is 0.496 e. The van der Waals surface area contributed by atoms with Crippen molar-refractivity contribution in [2.24, 2.45) is 4.99 Å². The van der Waals surface area contributed by atoms with Gasteiger partial charge in [0.05, 0.1) is 7.11 Å². The summed E-state index contributed by atoms with van der Waals surface area (Å²) >= 11 is 0. The van der Waals surface area contributed by atoms with E-state index in [1.54, 1.807) is 26.1 Å². The first kappa shape index (κ1) is 22.5. The summed E-state index contributed by atoms with van der Waals surface area (Å²) in [6.07, 6.45) is 4.81. The highest BCUT2D eigenvalue weighted by Crippen LogP contribution is 2.20. The molecule has 2 rings (SSSR count). The Labute approximate surface area is 174 Å². The molecule has 26 heavy (non-hydrogen) atoms. The van der Waals surface area contributed by atoms with E-state index in [0.29, 0.717) is 12.6 Å². The Hall–Kier alpha value is -1.51. The highest BCUT2D eigenvalue weighted by atomic mass is 127. The Morgan fingerprint density at radius 2 is 1.88 bits per heavy atom. The van der Waals surface area contributed by atoms with Crippen LogP contribution < -0.4 is 10.1 Å². The smallest absolute Gasteiger partial charge is 0.243 e. The maximum atomic E-state index is 11.9. The number of halogens is 1. The lowest BCUT2D eigenvalue weighted by molar-refractivity contribution is -0.127. The molecule has 0 aromatic heterocycles. The fourth-order valence-corrected chi connectivity index (χ4v) is 2.98. The van der Waals surface area contributed by atoms with Gasteiger partial charge in [0.1, 0.15) is 12.3 Å². The third kappa shape index (κ3) is 6.66. The fourth-order valence-electron chi connectivity index (χ4n) is 2.98. The molecule has 1 saturated carbocycles. The molecule has 0 unspecified atom stereocenters. The van der Waals surface area contributed by atoms with E-state index in [1.807, 2.05) is 31.3 Å². The Kier molecular flexibility index (Phi) is 9.75. The monoisotopic (exact) mass is 474 g/mol. The molecule has 0 spiro atoms. The van der Waals surface area contributed by atoms with Gasteiger partial charge in [0, 0.05) is 39.3 Å². The summed E-state index contributed by atoms with van der Waals surface area (Å²) < 4.78 is 5.44. The van der Waals surface area contributed by atoms with Gasteiger partial charge in [-0.05, 0) is 18.9 Å². The summed E-state index contributed by atoms with van der Waals surface area (Å²) in [5.74, 6) is 1.63. The van der Waals surface area contributed by atoms with Crippen molar-refractivity contribution < 1.29 is 9.53 Å². The van der Waals surface area contributed by atoms with Gasteiger partial charge in [-0.15, -0.1) is 24.0 Å². The molecule has 0 bridgehead atoms. The van der Waals surface area contributed by atoms with E-state index in [2.05, 4.69) is 15.2 Å². The Balaban J connectivity index is 0.00000338. The molecule has 0 heterocycles. The summed E-state index contributed by atoms with van der Waals surface area (Å²) in [5, 5.41) is 3.53. The molecule has 0 saturated heterocycles. The van der Waals surface area contributed by atoms with Crippen LogP contribution in [0.3, 0.4) is 0 Å². The van der Waals surface area contributed by atoms with E-state index in [1.165, 1.54) is 12.8 Å². The third-order valence-corrected chi connectivity index (χ3v) is 4.51. The van der Waals surface area contributed by atoms with Gasteiger partial charge < -0.3 is 19.9 Å². The number of amides is 1. The quantitative estimate of drug-likeness (QED) is 0.392. The molecule has 1 N–H and O–H groups in total. The van der Waals surface area contributed by atoms with E-state index >= 15 is 0 Å². The molecule has 1 aromatic carbocycles. The van der Waals surface area contributed by atoms with E-state index in [4.69, 9.17) is 4.74 Å². The number of benzene rings is 1. The summed E-state index contributed by atoms with van der Waals surface area (Å²) in [6.45, 7) is 0.817. The number of guanidine groups is 1. The van der Waals surface area contributed by atoms with Gasteiger partial charge in [-0.25, -0.2) is 4.99 Å². The van der Waals surface area contributed by atoms with Crippen molar-refractivity contribution in [1.29, 1.82) is 0 Å². The number of likely N-dealkylation sites (N-methyl/N-ethyl adjacent to an activating group) is 1. The Morgan fingerprint density at radius 1 is 1.23 bits per heavy atom. The number of carbonyl (C=O) groups is 1. The minimum absolute atomic E-state index is 0. The number of nitrogens with one attached hydrogen (secondary N) is 1. The van der Waals surface area contributed by atoms with Crippen LogP contribution in [0.4, 0.5) is 0 Å². The number of aliphatic imine (C=N–C) groups is 1. The molecule has 6 nitrogen and oxygen atoms in total. The number of hydrogen-bond donors (Lipinski definition) is 1. The lowest BCUT2D eigenvalue weighted by Gasteiger charge is -2.26. The summed E-state index contributed by atoms with van der Waals surface area (Å²) in [4.78, 5) is 20.1. The van der Waals surface area contributed by atoms with Gasteiger partial charge in [-0.2, -0.15) is 0 Å². The van der Waals surface area contributed by atoms with E-state index in [0.717, 1.165) is 30.1 Å². The fraction of sp³-hybridized carbons (Fsp3) is 0.579. The van der Waals surface area contributed by atoms with E-state index in [9.17, 15) is 4.79 Å². The molecule has 1 aromatic rings. The van der Waals surface area contributed by atoms with Crippen molar-refractivity contribution in [3.05, 3.63) is 29.8 Å². The second kappa shape index (κ2) is 11.3. The number of para-hydroxylation sites is 1. The van der Waals surface area contributed by atoms with Crippen LogP contribution in [-0.4, -0.2) is 62.5 Å². The first-order valence-electron chi connectivity index (χ1n) is 8.85. The van der Waals surface area contributed by atoms with Crippen LogP contribution in [0.25, 0.3) is 0 Å². The molecular formula is C19H31IN4O2. The lowest BCUT2D eigenvalue weighted by Crippen LogP contribution is -2.43. The molecule has 1 aliphatic rings. The number of nitrogens with zero attached hydrogens (tertiary/aromatic N) is 3. The van der Waals surface area contributed by atoms with Crippen molar-refractivity contribution in [3.63, 3.8) is 0 Å². The number of hydrogen-bond acceptors (Lipinski definition) is 3. The zero-order chi connectivity index (χ0) is 18.2. The van der Waals surface area contributed by atoms with Crippen LogP contribution in [-0.2, 0) is 11.3 Å². The second-order valence-electron chi connectivity index (χ2n) is 6.72. The van der Waals surface area contributed by atoms with E-state index in [-0.39, 0.29) is 36.4 Å². The molecule has 1 fully saturated rings. The van der Waals surface area contributed by atoms with Crippen LogP contribution in [0.1, 0.15) is 31.2 Å². The SMILES string of the molecule is COc1ccccc1CN(C)C(=NCC(=O)N(C)C)NC1CCCC1.I. The predicted molar refractivity (Wildman–Crippen MR) is 116 cm³/mol. The molecular weight excluding hydrogens is 443 g/mol. The Morgan fingerprint density at radius 3 is 2.50 bits per heavy atom. The summed E-state index contributed by atoms with van der Waals surface area (Å²) in [7, 11) is 7.18. The highest BCUT2D eigenvalue weighted by Gasteiger charge is 2.19.